The van der Waals surface area contributed by atoms with Gasteiger partial charge in [0.2, 0.25) is 0 Å². The molecule has 5 heteroatoms. The van der Waals surface area contributed by atoms with Crippen molar-refractivity contribution in [2.24, 2.45) is 5.16 Å². The topological polar surface area (TPSA) is 41.9 Å². The van der Waals surface area contributed by atoms with Crippen LogP contribution in [-0.2, 0) is 17.9 Å². The Morgan fingerprint density at radius 1 is 1.53 bits per heavy atom. The molecule has 0 saturated heterocycles. The van der Waals surface area contributed by atoms with Crippen LogP contribution in [0.1, 0.15) is 11.1 Å². The van der Waals surface area contributed by atoms with Crippen LogP contribution in [0.25, 0.3) is 0 Å². The van der Waals surface area contributed by atoms with Crippen LogP contribution >= 0.6 is 0 Å². The highest BCUT2D eigenvalue weighted by Gasteiger charge is 2.26. The van der Waals surface area contributed by atoms with E-state index < -0.39 is 6.09 Å². The van der Waals surface area contributed by atoms with Gasteiger partial charge >= 0.3 is 6.09 Å². The fourth-order valence-corrected chi connectivity index (χ4v) is 1.62. The maximum absolute atomic E-state index is 13.3. The molecule has 0 aromatic heterocycles. The van der Waals surface area contributed by atoms with Gasteiger partial charge in [-0.25, -0.2) is 9.18 Å². The van der Waals surface area contributed by atoms with Gasteiger partial charge in [-0.3, -0.25) is 9.74 Å². The highest BCUT2D eigenvalue weighted by atomic mass is 19.1. The largest absolute Gasteiger partial charge is 0.436 e. The number of oxime groups is 1. The summed E-state index contributed by atoms with van der Waals surface area (Å²) in [5, 5.41) is 3.03. The zero-order chi connectivity index (χ0) is 10.8. The van der Waals surface area contributed by atoms with E-state index in [-0.39, 0.29) is 12.4 Å². The minimum absolute atomic E-state index is 0.219. The fraction of sp³-hybridized carbons (Fsp3) is 0.200. The summed E-state index contributed by atoms with van der Waals surface area (Å²) < 4.78 is 13.3. The Bertz CT molecular complexity index is 420. The van der Waals surface area contributed by atoms with E-state index in [1.54, 1.807) is 12.1 Å². The van der Waals surface area contributed by atoms with Gasteiger partial charge in [0, 0.05) is 18.8 Å². The quantitative estimate of drug-likeness (QED) is 0.402. The number of carbonyl (C=O) groups is 1. The van der Waals surface area contributed by atoms with Crippen molar-refractivity contribution in [3.05, 3.63) is 35.1 Å². The second kappa shape index (κ2) is 3.68. The maximum Gasteiger partial charge on any atom is 0.436 e. The third kappa shape index (κ3) is 1.68. The molecule has 1 heterocycles. The van der Waals surface area contributed by atoms with Crippen LogP contribution in [0.3, 0.4) is 0 Å². The summed E-state index contributed by atoms with van der Waals surface area (Å²) in [5.74, 6) is -0.297. The number of carbonyl (C=O) groups excluding carboxylic acids is 1. The number of amides is 1. The molecule has 15 heavy (non-hydrogen) atoms. The third-order valence-corrected chi connectivity index (χ3v) is 2.33. The minimum atomic E-state index is -0.611. The predicted octanol–water partition coefficient (Wildman–Crippen LogP) is 1.89. The lowest BCUT2D eigenvalue weighted by Gasteiger charge is -2.11. The van der Waals surface area contributed by atoms with Gasteiger partial charge in [-0.15, -0.1) is 0 Å². The van der Waals surface area contributed by atoms with Crippen LogP contribution in [-0.4, -0.2) is 17.7 Å². The van der Waals surface area contributed by atoms with Gasteiger partial charge in [-0.05, 0) is 11.6 Å². The first kappa shape index (κ1) is 9.64. The maximum atomic E-state index is 13.3. The van der Waals surface area contributed by atoms with E-state index >= 15 is 0 Å². The molecule has 1 aliphatic rings. The Hall–Kier alpha value is -1.91. The Labute approximate surface area is 85.9 Å². The average molecular weight is 208 g/mol. The molecule has 0 unspecified atom stereocenters. The minimum Gasteiger partial charge on any atom is -0.298 e. The van der Waals surface area contributed by atoms with Crippen LogP contribution in [0.4, 0.5) is 9.18 Å². The Balaban J connectivity index is 2.19. The van der Waals surface area contributed by atoms with Crippen molar-refractivity contribution >= 4 is 12.8 Å². The van der Waals surface area contributed by atoms with Crippen molar-refractivity contribution in [3.8, 4) is 0 Å². The van der Waals surface area contributed by atoms with E-state index in [0.717, 1.165) is 5.56 Å². The van der Waals surface area contributed by atoms with Crippen molar-refractivity contribution in [2.45, 2.75) is 13.1 Å². The summed E-state index contributed by atoms with van der Waals surface area (Å²) >= 11 is 0. The standard InChI is InChI=1S/C10H9FN2O2/c1-12-15-10(14)13-5-7-3-2-4-9(11)8(7)6-13/h2-4H,1,5-6H2. The van der Waals surface area contributed by atoms with Crippen LogP contribution in [0.15, 0.2) is 23.4 Å². The van der Waals surface area contributed by atoms with E-state index in [4.69, 9.17) is 0 Å². The molecule has 0 spiro atoms. The first-order valence-corrected chi connectivity index (χ1v) is 4.40. The third-order valence-electron chi connectivity index (χ3n) is 2.33. The number of hydrogen-bond acceptors (Lipinski definition) is 3. The lowest BCUT2D eigenvalue weighted by molar-refractivity contribution is 0.106. The molecular weight excluding hydrogens is 199 g/mol. The predicted molar refractivity (Wildman–Crippen MR) is 51.7 cm³/mol. The van der Waals surface area contributed by atoms with E-state index in [2.05, 4.69) is 16.7 Å². The van der Waals surface area contributed by atoms with Crippen molar-refractivity contribution in [1.82, 2.24) is 4.90 Å². The molecule has 1 amide bonds. The number of benzene rings is 1. The Kier molecular flexibility index (Phi) is 2.37. The van der Waals surface area contributed by atoms with Crippen molar-refractivity contribution < 1.29 is 14.0 Å². The smallest absolute Gasteiger partial charge is 0.298 e. The molecule has 1 aliphatic heterocycles. The Morgan fingerprint density at radius 3 is 3.00 bits per heavy atom. The monoisotopic (exact) mass is 208 g/mol. The number of nitrogens with zero attached hydrogens (tertiary/aromatic N) is 2. The summed E-state index contributed by atoms with van der Waals surface area (Å²) in [5.41, 5.74) is 1.34. The van der Waals surface area contributed by atoms with Gasteiger partial charge in [-0.1, -0.05) is 17.3 Å². The first-order chi connectivity index (χ1) is 7.22. The van der Waals surface area contributed by atoms with Gasteiger partial charge in [0.1, 0.15) is 5.82 Å². The summed E-state index contributed by atoms with van der Waals surface area (Å²) in [4.78, 5) is 17.0. The molecule has 4 nitrogen and oxygen atoms in total. The van der Waals surface area contributed by atoms with Gasteiger partial charge in [-0.2, -0.15) is 0 Å². The fourth-order valence-electron chi connectivity index (χ4n) is 1.62. The molecule has 0 fully saturated rings. The second-order valence-corrected chi connectivity index (χ2v) is 3.22. The number of hydrogen-bond donors (Lipinski definition) is 0. The molecule has 0 atom stereocenters. The molecule has 0 radical (unpaired) electrons. The molecular formula is C10H9FN2O2. The second-order valence-electron chi connectivity index (χ2n) is 3.22. The molecule has 0 aliphatic carbocycles. The van der Waals surface area contributed by atoms with Crippen LogP contribution < -0.4 is 0 Å². The lowest BCUT2D eigenvalue weighted by atomic mass is 10.1. The van der Waals surface area contributed by atoms with Crippen molar-refractivity contribution in [3.63, 3.8) is 0 Å². The normalized spacial score (nSPS) is 13.5. The summed E-state index contributed by atoms with van der Waals surface area (Å²) in [6.45, 7) is 3.61. The number of halogens is 1. The SMILES string of the molecule is C=NOC(=O)N1Cc2cccc(F)c2C1. The average Bonchev–Trinajstić information content (AvgIpc) is 2.63. The molecule has 1 aromatic carbocycles. The molecule has 1 aromatic rings. The van der Waals surface area contributed by atoms with Gasteiger partial charge < -0.3 is 0 Å². The summed E-state index contributed by atoms with van der Waals surface area (Å²) in [6.07, 6.45) is -0.611. The van der Waals surface area contributed by atoms with Crippen molar-refractivity contribution in [1.29, 1.82) is 0 Å². The molecule has 78 valence electrons. The van der Waals surface area contributed by atoms with E-state index in [0.29, 0.717) is 12.1 Å². The van der Waals surface area contributed by atoms with Gasteiger partial charge in [0.05, 0.1) is 6.54 Å². The Morgan fingerprint density at radius 2 is 2.33 bits per heavy atom. The van der Waals surface area contributed by atoms with Gasteiger partial charge in [0.25, 0.3) is 0 Å². The summed E-state index contributed by atoms with van der Waals surface area (Å²) in [7, 11) is 0. The van der Waals surface area contributed by atoms with Crippen LogP contribution in [0, 0.1) is 5.82 Å². The van der Waals surface area contributed by atoms with E-state index in [1.165, 1.54) is 11.0 Å². The zero-order valence-electron chi connectivity index (χ0n) is 7.94. The summed E-state index contributed by atoms with van der Waals surface area (Å²) in [6, 6.07) is 4.78. The molecule has 2 rings (SSSR count). The molecule has 0 N–H and O–H groups in total. The van der Waals surface area contributed by atoms with E-state index in [1.807, 2.05) is 0 Å². The first-order valence-electron chi connectivity index (χ1n) is 4.40. The molecule has 0 saturated carbocycles. The highest BCUT2D eigenvalue weighted by molar-refractivity contribution is 5.68. The lowest BCUT2D eigenvalue weighted by Crippen LogP contribution is -2.24. The van der Waals surface area contributed by atoms with Crippen LogP contribution in [0.5, 0.6) is 0 Å². The zero-order valence-corrected chi connectivity index (χ0v) is 7.94. The van der Waals surface area contributed by atoms with Crippen molar-refractivity contribution in [2.75, 3.05) is 0 Å². The highest BCUT2D eigenvalue weighted by Crippen LogP contribution is 2.25. The number of fused-ring (bicyclic) bond motifs is 1. The van der Waals surface area contributed by atoms with Crippen LogP contribution in [0.2, 0.25) is 0 Å². The van der Waals surface area contributed by atoms with Gasteiger partial charge in [0.15, 0.2) is 0 Å². The van der Waals surface area contributed by atoms with E-state index in [9.17, 15) is 9.18 Å². The number of rotatable bonds is 1. The molecule has 0 bridgehead atoms.